The van der Waals surface area contributed by atoms with Crippen LogP contribution in [0, 0.1) is 0 Å². The van der Waals surface area contributed by atoms with Crippen LogP contribution in [-0.2, 0) is 6.18 Å². The van der Waals surface area contributed by atoms with Gasteiger partial charge in [0.1, 0.15) is 0 Å². The van der Waals surface area contributed by atoms with Crippen molar-refractivity contribution < 1.29 is 18.0 Å². The lowest BCUT2D eigenvalue weighted by Gasteiger charge is -2.14. The van der Waals surface area contributed by atoms with Crippen molar-refractivity contribution in [1.82, 2.24) is 4.98 Å². The zero-order valence-electron chi connectivity index (χ0n) is 11.0. The van der Waals surface area contributed by atoms with Crippen molar-refractivity contribution in [2.75, 3.05) is 0 Å². The van der Waals surface area contributed by atoms with E-state index in [1.165, 1.54) is 12.1 Å². The Morgan fingerprint density at radius 1 is 1.19 bits per heavy atom. The molecule has 0 saturated carbocycles. The molecule has 110 valence electrons. The van der Waals surface area contributed by atoms with E-state index in [4.69, 9.17) is 0 Å². The van der Waals surface area contributed by atoms with Crippen LogP contribution in [-0.4, -0.2) is 10.8 Å². The van der Waals surface area contributed by atoms with E-state index in [-0.39, 0.29) is 15.8 Å². The molecule has 0 aliphatic heterocycles. The third-order valence-electron chi connectivity index (χ3n) is 3.16. The van der Waals surface area contributed by atoms with Gasteiger partial charge in [-0.1, -0.05) is 28.9 Å². The van der Waals surface area contributed by atoms with E-state index in [1.54, 1.807) is 31.5 Å². The fourth-order valence-corrected chi connectivity index (χ4v) is 2.42. The third kappa shape index (κ3) is 3.50. The Labute approximate surface area is 128 Å². The summed E-state index contributed by atoms with van der Waals surface area (Å²) in [6, 6.07) is 6.86. The molecule has 0 amide bonds. The van der Waals surface area contributed by atoms with Crippen molar-refractivity contribution in [3.05, 3.63) is 63.9 Å². The summed E-state index contributed by atoms with van der Waals surface area (Å²) in [7, 11) is 0. The largest absolute Gasteiger partial charge is 0.417 e. The lowest BCUT2D eigenvalue weighted by atomic mass is 9.92. The van der Waals surface area contributed by atoms with Gasteiger partial charge >= 0.3 is 6.18 Å². The number of Topliss-reactive ketones (excluding diaryl/α,β-unsaturated/α-hetero) is 1. The maximum atomic E-state index is 12.9. The van der Waals surface area contributed by atoms with E-state index < -0.39 is 17.7 Å². The van der Waals surface area contributed by atoms with E-state index in [0.717, 1.165) is 6.07 Å². The number of rotatable bonds is 3. The summed E-state index contributed by atoms with van der Waals surface area (Å²) in [6.07, 6.45) is -1.42. The summed E-state index contributed by atoms with van der Waals surface area (Å²) in [5, 5.41) is 0. The van der Waals surface area contributed by atoms with Gasteiger partial charge in [-0.05, 0) is 29.8 Å². The Morgan fingerprint density at radius 3 is 2.38 bits per heavy atom. The van der Waals surface area contributed by atoms with Gasteiger partial charge in [0.25, 0.3) is 0 Å². The predicted molar refractivity (Wildman–Crippen MR) is 76.1 cm³/mol. The summed E-state index contributed by atoms with van der Waals surface area (Å²) in [4.78, 5) is 16.2. The van der Waals surface area contributed by atoms with Crippen LogP contribution in [0.15, 0.2) is 47.2 Å². The van der Waals surface area contributed by atoms with Crippen LogP contribution in [0.25, 0.3) is 0 Å². The van der Waals surface area contributed by atoms with Gasteiger partial charge in [-0.3, -0.25) is 9.78 Å². The molecule has 2 aromatic rings. The molecule has 1 aromatic heterocycles. The standard InChI is InChI=1S/C15H11BrF3NO/c1-9(10-4-6-20-7-5-10)14(21)11-2-3-13(16)12(8-11)15(17,18)19/h2-9H,1H3. The molecular weight excluding hydrogens is 347 g/mol. The smallest absolute Gasteiger partial charge is 0.294 e. The monoisotopic (exact) mass is 357 g/mol. The molecule has 1 unspecified atom stereocenters. The first kappa shape index (κ1) is 15.7. The number of alkyl halides is 3. The van der Waals surface area contributed by atoms with Gasteiger partial charge < -0.3 is 0 Å². The Balaban J connectivity index is 2.36. The predicted octanol–water partition coefficient (Wildman–Crippen LogP) is 4.85. The molecule has 0 saturated heterocycles. The minimum absolute atomic E-state index is 0.0369. The number of benzene rings is 1. The summed E-state index contributed by atoms with van der Waals surface area (Å²) in [5.41, 5.74) is -0.100. The quantitative estimate of drug-likeness (QED) is 0.735. The second-order valence-corrected chi connectivity index (χ2v) is 5.41. The SMILES string of the molecule is CC(C(=O)c1ccc(Br)c(C(F)(F)F)c1)c1ccncc1. The maximum Gasteiger partial charge on any atom is 0.417 e. The summed E-state index contributed by atoms with van der Waals surface area (Å²) >= 11 is 2.86. The number of carbonyl (C=O) groups excluding carboxylic acids is 1. The molecule has 0 aliphatic carbocycles. The van der Waals surface area contributed by atoms with E-state index in [9.17, 15) is 18.0 Å². The number of nitrogens with zero attached hydrogens (tertiary/aromatic N) is 1. The highest BCUT2D eigenvalue weighted by Gasteiger charge is 2.34. The molecule has 6 heteroatoms. The van der Waals surface area contributed by atoms with Crippen LogP contribution >= 0.6 is 15.9 Å². The number of aromatic nitrogens is 1. The Kier molecular flexibility index (Phi) is 4.46. The van der Waals surface area contributed by atoms with Gasteiger partial charge in [-0.25, -0.2) is 0 Å². The minimum atomic E-state index is -4.50. The zero-order chi connectivity index (χ0) is 15.6. The molecule has 0 spiro atoms. The fraction of sp³-hybridized carbons (Fsp3) is 0.200. The van der Waals surface area contributed by atoms with E-state index >= 15 is 0 Å². The fourth-order valence-electron chi connectivity index (χ4n) is 1.95. The molecule has 0 bridgehead atoms. The summed E-state index contributed by atoms with van der Waals surface area (Å²) < 4.78 is 38.5. The maximum absolute atomic E-state index is 12.9. The van der Waals surface area contributed by atoms with Crippen LogP contribution in [0.5, 0.6) is 0 Å². The van der Waals surface area contributed by atoms with Crippen molar-refractivity contribution in [1.29, 1.82) is 0 Å². The summed E-state index contributed by atoms with van der Waals surface area (Å²) in [6.45, 7) is 1.66. The van der Waals surface area contributed by atoms with Gasteiger partial charge in [-0.2, -0.15) is 13.2 Å². The average Bonchev–Trinajstić information content (AvgIpc) is 2.46. The summed E-state index contributed by atoms with van der Waals surface area (Å²) in [5.74, 6) is -0.894. The van der Waals surface area contributed by atoms with Crippen LogP contribution in [0.2, 0.25) is 0 Å². The van der Waals surface area contributed by atoms with Crippen molar-refractivity contribution in [3.8, 4) is 0 Å². The number of pyridine rings is 1. The van der Waals surface area contributed by atoms with Crippen LogP contribution < -0.4 is 0 Å². The number of halogens is 4. The Hall–Kier alpha value is -1.69. The molecule has 0 fully saturated rings. The Morgan fingerprint density at radius 2 is 1.81 bits per heavy atom. The second-order valence-electron chi connectivity index (χ2n) is 4.56. The first-order valence-electron chi connectivity index (χ1n) is 6.11. The highest BCUT2D eigenvalue weighted by Crippen LogP contribution is 2.36. The van der Waals surface area contributed by atoms with Gasteiger partial charge in [0.15, 0.2) is 5.78 Å². The molecule has 1 atom stereocenters. The molecule has 0 aliphatic rings. The van der Waals surface area contributed by atoms with Crippen molar-refractivity contribution in [2.45, 2.75) is 19.0 Å². The molecular formula is C15H11BrF3NO. The van der Waals surface area contributed by atoms with E-state index in [0.29, 0.717) is 5.56 Å². The topological polar surface area (TPSA) is 30.0 Å². The Bertz CT molecular complexity index is 656. The molecule has 0 radical (unpaired) electrons. The van der Waals surface area contributed by atoms with Gasteiger partial charge in [0.2, 0.25) is 0 Å². The van der Waals surface area contributed by atoms with E-state index in [1.807, 2.05) is 0 Å². The highest BCUT2D eigenvalue weighted by atomic mass is 79.9. The number of hydrogen-bond donors (Lipinski definition) is 0. The molecule has 1 aromatic carbocycles. The highest BCUT2D eigenvalue weighted by molar-refractivity contribution is 9.10. The first-order chi connectivity index (χ1) is 9.80. The number of ketones is 1. The zero-order valence-corrected chi connectivity index (χ0v) is 12.6. The van der Waals surface area contributed by atoms with Crippen molar-refractivity contribution >= 4 is 21.7 Å². The molecule has 0 N–H and O–H groups in total. The molecule has 21 heavy (non-hydrogen) atoms. The normalized spacial score (nSPS) is 13.0. The average molecular weight is 358 g/mol. The third-order valence-corrected chi connectivity index (χ3v) is 3.85. The molecule has 1 heterocycles. The minimum Gasteiger partial charge on any atom is -0.294 e. The number of carbonyl (C=O) groups is 1. The van der Waals surface area contributed by atoms with Crippen molar-refractivity contribution in [2.24, 2.45) is 0 Å². The van der Waals surface area contributed by atoms with Gasteiger partial charge in [0.05, 0.1) is 5.56 Å². The van der Waals surface area contributed by atoms with E-state index in [2.05, 4.69) is 20.9 Å². The van der Waals surface area contributed by atoms with Gasteiger partial charge in [-0.15, -0.1) is 0 Å². The molecule has 2 nitrogen and oxygen atoms in total. The van der Waals surface area contributed by atoms with Crippen LogP contribution in [0.1, 0.15) is 34.3 Å². The first-order valence-corrected chi connectivity index (χ1v) is 6.91. The van der Waals surface area contributed by atoms with Crippen LogP contribution in [0.3, 0.4) is 0 Å². The lowest BCUT2D eigenvalue weighted by Crippen LogP contribution is -2.13. The lowest BCUT2D eigenvalue weighted by molar-refractivity contribution is -0.138. The molecule has 2 rings (SSSR count). The number of hydrogen-bond acceptors (Lipinski definition) is 2. The van der Waals surface area contributed by atoms with Crippen molar-refractivity contribution in [3.63, 3.8) is 0 Å². The van der Waals surface area contributed by atoms with Crippen LogP contribution in [0.4, 0.5) is 13.2 Å². The van der Waals surface area contributed by atoms with Gasteiger partial charge in [0, 0.05) is 28.3 Å². The second kappa shape index (κ2) is 5.97.